The zero-order valence-corrected chi connectivity index (χ0v) is 19.3. The first kappa shape index (κ1) is 24.6. The first-order chi connectivity index (χ1) is 14.4. The van der Waals surface area contributed by atoms with Crippen LogP contribution in [0.2, 0.25) is 10.0 Å². The second-order valence-electron chi connectivity index (χ2n) is 8.20. The minimum atomic E-state index is -0.859. The molecule has 0 saturated heterocycles. The van der Waals surface area contributed by atoms with E-state index in [1.165, 1.54) is 23.1 Å². The number of benzene rings is 2. The predicted octanol–water partition coefficient (Wildman–Crippen LogP) is 4.78. The smallest absolute Gasteiger partial charge is 0.273 e. The average Bonchev–Trinajstić information content (AvgIpc) is 2.66. The van der Waals surface area contributed by atoms with Gasteiger partial charge in [-0.15, -0.1) is 0 Å². The standard InChI is InChI=1S/C22H25Cl2N3O4/c1-14(21(29)25-22(2,3)4)26(13-16-17(23)9-7-10-18(16)24)20(28)12-15-8-5-6-11-19(15)27(30)31/h5-11,14H,12-13H2,1-4H3,(H,25,29)/t14-/m1/s1. The number of halogens is 2. The van der Waals surface area contributed by atoms with Crippen LogP contribution in [-0.4, -0.2) is 33.2 Å². The molecule has 0 spiro atoms. The summed E-state index contributed by atoms with van der Waals surface area (Å²) in [4.78, 5) is 38.2. The van der Waals surface area contributed by atoms with E-state index >= 15 is 0 Å². The second kappa shape index (κ2) is 10.1. The number of nitrogens with one attached hydrogen (secondary N) is 1. The molecule has 31 heavy (non-hydrogen) atoms. The molecule has 2 aromatic rings. The minimum Gasteiger partial charge on any atom is -0.350 e. The highest BCUT2D eigenvalue weighted by Crippen LogP contribution is 2.27. The fourth-order valence-corrected chi connectivity index (χ4v) is 3.53. The number of nitrogens with zero attached hydrogens (tertiary/aromatic N) is 2. The lowest BCUT2D eigenvalue weighted by atomic mass is 10.1. The normalized spacial score (nSPS) is 12.2. The molecule has 0 aliphatic rings. The summed E-state index contributed by atoms with van der Waals surface area (Å²) in [5, 5.41) is 14.9. The fraction of sp³-hybridized carbons (Fsp3) is 0.364. The van der Waals surface area contributed by atoms with E-state index in [4.69, 9.17) is 23.2 Å². The lowest BCUT2D eigenvalue weighted by Gasteiger charge is -2.32. The summed E-state index contributed by atoms with van der Waals surface area (Å²) in [5.41, 5.74) is 0.104. The van der Waals surface area contributed by atoms with E-state index in [1.807, 2.05) is 20.8 Å². The molecule has 0 fully saturated rings. The number of hydrogen-bond donors (Lipinski definition) is 1. The first-order valence-electron chi connectivity index (χ1n) is 9.67. The summed E-state index contributed by atoms with van der Waals surface area (Å²) in [6, 6.07) is 10.1. The molecule has 1 atom stereocenters. The fourth-order valence-electron chi connectivity index (χ4n) is 3.01. The number of amides is 2. The van der Waals surface area contributed by atoms with Crippen molar-refractivity contribution in [2.24, 2.45) is 0 Å². The molecule has 0 aliphatic heterocycles. The van der Waals surface area contributed by atoms with Gasteiger partial charge in [0.05, 0.1) is 11.3 Å². The number of nitro benzene ring substituents is 1. The molecule has 0 heterocycles. The molecule has 0 radical (unpaired) electrons. The van der Waals surface area contributed by atoms with Crippen molar-refractivity contribution in [2.45, 2.75) is 52.2 Å². The van der Waals surface area contributed by atoms with Gasteiger partial charge in [0, 0.05) is 39.3 Å². The average molecular weight is 466 g/mol. The topological polar surface area (TPSA) is 92.6 Å². The molecule has 0 unspecified atom stereocenters. The van der Waals surface area contributed by atoms with E-state index in [9.17, 15) is 19.7 Å². The Bertz CT molecular complexity index is 969. The van der Waals surface area contributed by atoms with Crippen molar-refractivity contribution in [2.75, 3.05) is 0 Å². The van der Waals surface area contributed by atoms with E-state index in [0.717, 1.165) is 0 Å². The van der Waals surface area contributed by atoms with Gasteiger partial charge in [-0.2, -0.15) is 0 Å². The van der Waals surface area contributed by atoms with Gasteiger partial charge in [0.15, 0.2) is 0 Å². The van der Waals surface area contributed by atoms with Crippen LogP contribution in [0.1, 0.15) is 38.8 Å². The Hall–Kier alpha value is -2.64. The highest BCUT2D eigenvalue weighted by Gasteiger charge is 2.30. The van der Waals surface area contributed by atoms with E-state index in [2.05, 4.69) is 5.32 Å². The molecule has 0 saturated carbocycles. The molecule has 2 amide bonds. The van der Waals surface area contributed by atoms with Gasteiger partial charge >= 0.3 is 0 Å². The van der Waals surface area contributed by atoms with E-state index in [-0.39, 0.29) is 30.1 Å². The molecule has 0 bridgehead atoms. The van der Waals surface area contributed by atoms with Crippen molar-refractivity contribution in [1.29, 1.82) is 0 Å². The van der Waals surface area contributed by atoms with E-state index in [1.54, 1.807) is 31.2 Å². The first-order valence-corrected chi connectivity index (χ1v) is 10.4. The third kappa shape index (κ3) is 6.67. The zero-order chi connectivity index (χ0) is 23.3. The van der Waals surface area contributed by atoms with Gasteiger partial charge in [0.25, 0.3) is 5.69 Å². The largest absolute Gasteiger partial charge is 0.350 e. The maximum Gasteiger partial charge on any atom is 0.273 e. The Labute approximate surface area is 191 Å². The Kier molecular flexibility index (Phi) is 8.03. The Balaban J connectivity index is 2.40. The molecule has 7 nitrogen and oxygen atoms in total. The molecule has 2 aromatic carbocycles. The van der Waals surface area contributed by atoms with Gasteiger partial charge in [0.1, 0.15) is 6.04 Å². The molecule has 166 valence electrons. The summed E-state index contributed by atoms with van der Waals surface area (Å²) in [5.74, 6) is -0.812. The number of rotatable bonds is 7. The van der Waals surface area contributed by atoms with Crippen molar-refractivity contribution >= 4 is 40.7 Å². The zero-order valence-electron chi connectivity index (χ0n) is 17.8. The van der Waals surface area contributed by atoms with Crippen molar-refractivity contribution in [3.63, 3.8) is 0 Å². The van der Waals surface area contributed by atoms with Crippen LogP contribution in [0.4, 0.5) is 5.69 Å². The van der Waals surface area contributed by atoms with Crippen LogP contribution in [0.5, 0.6) is 0 Å². The van der Waals surface area contributed by atoms with Crippen molar-refractivity contribution in [1.82, 2.24) is 10.2 Å². The van der Waals surface area contributed by atoms with Gasteiger partial charge in [-0.3, -0.25) is 19.7 Å². The van der Waals surface area contributed by atoms with E-state index < -0.39 is 22.4 Å². The van der Waals surface area contributed by atoms with Gasteiger partial charge in [0.2, 0.25) is 11.8 Å². The Morgan fingerprint density at radius 2 is 1.68 bits per heavy atom. The molecule has 0 aromatic heterocycles. The lowest BCUT2D eigenvalue weighted by molar-refractivity contribution is -0.385. The molecular weight excluding hydrogens is 441 g/mol. The maximum absolute atomic E-state index is 13.3. The monoisotopic (exact) mass is 465 g/mol. The summed E-state index contributed by atoms with van der Waals surface area (Å²) < 4.78 is 0. The summed E-state index contributed by atoms with van der Waals surface area (Å²) in [6.45, 7) is 7.09. The number of para-hydroxylation sites is 1. The molecular formula is C22H25Cl2N3O4. The van der Waals surface area contributed by atoms with Crippen LogP contribution in [0, 0.1) is 10.1 Å². The van der Waals surface area contributed by atoms with Crippen LogP contribution in [0.25, 0.3) is 0 Å². The van der Waals surface area contributed by atoms with Crippen molar-refractivity contribution in [3.05, 3.63) is 73.8 Å². The Morgan fingerprint density at radius 1 is 1.10 bits per heavy atom. The van der Waals surface area contributed by atoms with Crippen LogP contribution >= 0.6 is 23.2 Å². The molecule has 1 N–H and O–H groups in total. The van der Waals surface area contributed by atoms with Gasteiger partial charge in [-0.05, 0) is 39.8 Å². The van der Waals surface area contributed by atoms with Crippen LogP contribution in [-0.2, 0) is 22.6 Å². The number of hydrogen-bond acceptors (Lipinski definition) is 4. The number of nitro groups is 1. The molecule has 0 aliphatic carbocycles. The maximum atomic E-state index is 13.3. The SMILES string of the molecule is C[C@H](C(=O)NC(C)(C)C)N(Cc1c(Cl)cccc1Cl)C(=O)Cc1ccccc1[N+](=O)[O-]. The number of carbonyl (C=O) groups excluding carboxylic acids is 2. The highest BCUT2D eigenvalue weighted by molar-refractivity contribution is 6.36. The quantitative estimate of drug-likeness (QED) is 0.470. The minimum absolute atomic E-state index is 0.0172. The van der Waals surface area contributed by atoms with Gasteiger partial charge < -0.3 is 10.2 Å². The van der Waals surface area contributed by atoms with E-state index in [0.29, 0.717) is 15.6 Å². The lowest BCUT2D eigenvalue weighted by Crippen LogP contribution is -2.52. The summed E-state index contributed by atoms with van der Waals surface area (Å²) >= 11 is 12.6. The van der Waals surface area contributed by atoms with Crippen LogP contribution in [0.15, 0.2) is 42.5 Å². The summed E-state index contributed by atoms with van der Waals surface area (Å²) in [7, 11) is 0. The highest BCUT2D eigenvalue weighted by atomic mass is 35.5. The summed E-state index contributed by atoms with van der Waals surface area (Å²) in [6.07, 6.45) is -0.244. The Morgan fingerprint density at radius 3 is 2.23 bits per heavy atom. The third-order valence-electron chi connectivity index (χ3n) is 4.59. The van der Waals surface area contributed by atoms with Gasteiger partial charge in [-0.25, -0.2) is 0 Å². The number of carbonyl (C=O) groups is 2. The van der Waals surface area contributed by atoms with Crippen molar-refractivity contribution in [3.8, 4) is 0 Å². The third-order valence-corrected chi connectivity index (χ3v) is 5.29. The molecule has 9 heteroatoms. The van der Waals surface area contributed by atoms with Crippen LogP contribution < -0.4 is 5.32 Å². The second-order valence-corrected chi connectivity index (χ2v) is 9.01. The van der Waals surface area contributed by atoms with Crippen LogP contribution in [0.3, 0.4) is 0 Å². The predicted molar refractivity (Wildman–Crippen MR) is 121 cm³/mol. The van der Waals surface area contributed by atoms with Crippen molar-refractivity contribution < 1.29 is 14.5 Å². The molecule has 2 rings (SSSR count). The van der Waals surface area contributed by atoms with Gasteiger partial charge in [-0.1, -0.05) is 47.5 Å².